The minimum atomic E-state index is -0.172. The summed E-state index contributed by atoms with van der Waals surface area (Å²) in [6, 6.07) is 7.45. The van der Waals surface area contributed by atoms with E-state index in [0.29, 0.717) is 12.0 Å². The molecule has 2 atom stereocenters. The van der Waals surface area contributed by atoms with Crippen LogP contribution in [0.3, 0.4) is 0 Å². The summed E-state index contributed by atoms with van der Waals surface area (Å²) in [6.45, 7) is 7.42. The minimum Gasteiger partial charge on any atom is -0.309 e. The first-order chi connectivity index (χ1) is 8.41. The number of likely N-dealkylation sites (N-methyl/N-ethyl adjacent to an activating group) is 1. The zero-order chi connectivity index (χ0) is 13.7. The van der Waals surface area contributed by atoms with Crippen LogP contribution in [-0.4, -0.2) is 31.6 Å². The van der Waals surface area contributed by atoms with Gasteiger partial charge < -0.3 is 10.2 Å². The van der Waals surface area contributed by atoms with Crippen molar-refractivity contribution in [3.63, 3.8) is 0 Å². The van der Waals surface area contributed by atoms with E-state index in [2.05, 4.69) is 45.1 Å². The van der Waals surface area contributed by atoms with Crippen LogP contribution in [0.4, 0.5) is 4.39 Å². The molecule has 1 N–H and O–H groups in total. The quantitative estimate of drug-likeness (QED) is 0.837. The number of rotatable bonds is 6. The SMILES string of the molecule is CC(NCC(C(C)C)N(C)C)c1cccc(F)c1. The first-order valence-electron chi connectivity index (χ1n) is 6.57. The van der Waals surface area contributed by atoms with E-state index in [1.807, 2.05) is 6.07 Å². The van der Waals surface area contributed by atoms with E-state index in [1.54, 1.807) is 12.1 Å². The summed E-state index contributed by atoms with van der Waals surface area (Å²) in [5.74, 6) is 0.418. The van der Waals surface area contributed by atoms with E-state index in [0.717, 1.165) is 12.1 Å². The first kappa shape index (κ1) is 15.1. The number of benzene rings is 1. The lowest BCUT2D eigenvalue weighted by Gasteiger charge is -2.29. The Labute approximate surface area is 110 Å². The molecule has 0 heterocycles. The van der Waals surface area contributed by atoms with Crippen molar-refractivity contribution in [1.82, 2.24) is 10.2 Å². The third kappa shape index (κ3) is 4.39. The van der Waals surface area contributed by atoms with Gasteiger partial charge in [-0.1, -0.05) is 26.0 Å². The van der Waals surface area contributed by atoms with Crippen LogP contribution in [-0.2, 0) is 0 Å². The second kappa shape index (κ2) is 6.86. The lowest BCUT2D eigenvalue weighted by Crippen LogP contribution is -2.42. The van der Waals surface area contributed by atoms with Crippen molar-refractivity contribution < 1.29 is 4.39 Å². The molecule has 0 bridgehead atoms. The Morgan fingerprint density at radius 1 is 1.22 bits per heavy atom. The fourth-order valence-corrected chi connectivity index (χ4v) is 2.21. The summed E-state index contributed by atoms with van der Waals surface area (Å²) in [5, 5.41) is 3.48. The Balaban J connectivity index is 2.57. The van der Waals surface area contributed by atoms with Crippen LogP contribution in [0.1, 0.15) is 32.4 Å². The fourth-order valence-electron chi connectivity index (χ4n) is 2.21. The van der Waals surface area contributed by atoms with E-state index in [4.69, 9.17) is 0 Å². The lowest BCUT2D eigenvalue weighted by molar-refractivity contribution is 0.220. The molecule has 0 radical (unpaired) electrons. The number of hydrogen-bond donors (Lipinski definition) is 1. The third-order valence-corrected chi connectivity index (χ3v) is 3.41. The molecule has 18 heavy (non-hydrogen) atoms. The highest BCUT2D eigenvalue weighted by molar-refractivity contribution is 5.19. The smallest absolute Gasteiger partial charge is 0.123 e. The van der Waals surface area contributed by atoms with E-state index < -0.39 is 0 Å². The van der Waals surface area contributed by atoms with Gasteiger partial charge in [0.2, 0.25) is 0 Å². The molecule has 0 fully saturated rings. The zero-order valence-corrected chi connectivity index (χ0v) is 12.1. The van der Waals surface area contributed by atoms with Crippen LogP contribution in [0.15, 0.2) is 24.3 Å². The molecule has 2 nitrogen and oxygen atoms in total. The molecule has 1 aromatic carbocycles. The predicted octanol–water partition coefficient (Wildman–Crippen LogP) is 3.06. The van der Waals surface area contributed by atoms with Crippen molar-refractivity contribution in [2.24, 2.45) is 5.92 Å². The minimum absolute atomic E-state index is 0.168. The second-order valence-electron chi connectivity index (χ2n) is 5.46. The number of nitrogens with zero attached hydrogens (tertiary/aromatic N) is 1. The Morgan fingerprint density at radius 3 is 2.39 bits per heavy atom. The first-order valence-corrected chi connectivity index (χ1v) is 6.57. The molecule has 1 rings (SSSR count). The number of nitrogens with one attached hydrogen (secondary N) is 1. The highest BCUT2D eigenvalue weighted by Gasteiger charge is 2.16. The highest BCUT2D eigenvalue weighted by atomic mass is 19.1. The van der Waals surface area contributed by atoms with Crippen LogP contribution < -0.4 is 5.32 Å². The Hall–Kier alpha value is -0.930. The van der Waals surface area contributed by atoms with Gasteiger partial charge in [-0.05, 0) is 44.6 Å². The average molecular weight is 252 g/mol. The lowest BCUT2D eigenvalue weighted by atomic mass is 10.0. The Bertz CT molecular complexity index is 355. The topological polar surface area (TPSA) is 15.3 Å². The molecule has 0 aliphatic rings. The van der Waals surface area contributed by atoms with Crippen LogP contribution in [0, 0.1) is 11.7 Å². The van der Waals surface area contributed by atoms with Crippen molar-refractivity contribution in [3.8, 4) is 0 Å². The standard InChI is InChI=1S/C15H25FN2/c1-11(2)15(18(4)5)10-17-12(3)13-7-6-8-14(16)9-13/h6-9,11-12,15,17H,10H2,1-5H3. The normalized spacial score (nSPS) is 15.1. The molecule has 0 saturated heterocycles. The van der Waals surface area contributed by atoms with E-state index in [-0.39, 0.29) is 11.9 Å². The van der Waals surface area contributed by atoms with E-state index in [9.17, 15) is 4.39 Å². The molecule has 102 valence electrons. The number of hydrogen-bond acceptors (Lipinski definition) is 2. The second-order valence-corrected chi connectivity index (χ2v) is 5.46. The maximum Gasteiger partial charge on any atom is 0.123 e. The van der Waals surface area contributed by atoms with Crippen LogP contribution in [0.5, 0.6) is 0 Å². The van der Waals surface area contributed by atoms with Gasteiger partial charge in [0.1, 0.15) is 5.82 Å². The summed E-state index contributed by atoms with van der Waals surface area (Å²) in [6.07, 6.45) is 0. The van der Waals surface area contributed by atoms with Crippen molar-refractivity contribution in [1.29, 1.82) is 0 Å². The highest BCUT2D eigenvalue weighted by Crippen LogP contribution is 2.14. The van der Waals surface area contributed by atoms with Crippen molar-refractivity contribution in [2.75, 3.05) is 20.6 Å². The van der Waals surface area contributed by atoms with Crippen molar-refractivity contribution >= 4 is 0 Å². The van der Waals surface area contributed by atoms with E-state index in [1.165, 1.54) is 6.07 Å². The molecular weight excluding hydrogens is 227 g/mol. The largest absolute Gasteiger partial charge is 0.309 e. The van der Waals surface area contributed by atoms with Crippen molar-refractivity contribution in [3.05, 3.63) is 35.6 Å². The number of halogens is 1. The van der Waals surface area contributed by atoms with E-state index >= 15 is 0 Å². The summed E-state index contributed by atoms with van der Waals surface area (Å²) in [5.41, 5.74) is 0.997. The van der Waals surface area contributed by atoms with Gasteiger partial charge in [0.25, 0.3) is 0 Å². The molecule has 0 spiro atoms. The van der Waals surface area contributed by atoms with Gasteiger partial charge in [0.15, 0.2) is 0 Å². The Morgan fingerprint density at radius 2 is 1.89 bits per heavy atom. The Kier molecular flexibility index (Phi) is 5.76. The van der Waals surface area contributed by atoms with Gasteiger partial charge in [-0.2, -0.15) is 0 Å². The molecule has 0 saturated carbocycles. The van der Waals surface area contributed by atoms with Gasteiger partial charge in [-0.25, -0.2) is 4.39 Å². The molecule has 3 heteroatoms. The molecule has 0 aromatic heterocycles. The van der Waals surface area contributed by atoms with Crippen molar-refractivity contribution in [2.45, 2.75) is 32.9 Å². The maximum absolute atomic E-state index is 13.1. The van der Waals surface area contributed by atoms with Gasteiger partial charge in [0, 0.05) is 18.6 Å². The zero-order valence-electron chi connectivity index (χ0n) is 12.1. The average Bonchev–Trinajstić information content (AvgIpc) is 2.28. The van der Waals surface area contributed by atoms with Crippen LogP contribution in [0.2, 0.25) is 0 Å². The summed E-state index contributed by atoms with van der Waals surface area (Å²) in [7, 11) is 4.19. The fraction of sp³-hybridized carbons (Fsp3) is 0.600. The molecule has 2 unspecified atom stereocenters. The summed E-state index contributed by atoms with van der Waals surface area (Å²) < 4.78 is 13.1. The summed E-state index contributed by atoms with van der Waals surface area (Å²) in [4.78, 5) is 2.23. The monoisotopic (exact) mass is 252 g/mol. The molecule has 0 amide bonds. The molecule has 0 aliphatic carbocycles. The van der Waals surface area contributed by atoms with Gasteiger partial charge >= 0.3 is 0 Å². The maximum atomic E-state index is 13.1. The van der Waals surface area contributed by atoms with Crippen LogP contribution >= 0.6 is 0 Å². The summed E-state index contributed by atoms with van der Waals surface area (Å²) >= 11 is 0. The molecule has 0 aliphatic heterocycles. The van der Waals surface area contributed by atoms with Gasteiger partial charge in [-0.3, -0.25) is 0 Å². The predicted molar refractivity (Wildman–Crippen MR) is 75.1 cm³/mol. The molecule has 1 aromatic rings. The van der Waals surface area contributed by atoms with Gasteiger partial charge in [-0.15, -0.1) is 0 Å². The van der Waals surface area contributed by atoms with Crippen LogP contribution in [0.25, 0.3) is 0 Å². The third-order valence-electron chi connectivity index (χ3n) is 3.41. The van der Waals surface area contributed by atoms with Gasteiger partial charge in [0.05, 0.1) is 0 Å². The molecular formula is C15H25FN2.